The summed E-state index contributed by atoms with van der Waals surface area (Å²) in [5.41, 5.74) is 0. The Labute approximate surface area is 63.6 Å². The number of hydrogen-bond donors (Lipinski definition) is 0. The van der Waals surface area contributed by atoms with Crippen LogP contribution in [0, 0.1) is 12.5 Å². The van der Waals surface area contributed by atoms with Gasteiger partial charge in [-0.3, -0.25) is 0 Å². The quantitative estimate of drug-likeness (QED) is 0.401. The first kappa shape index (κ1) is 7.63. The average Bonchev–Trinajstić information content (AvgIpc) is 2.39. The van der Waals surface area contributed by atoms with Crippen LogP contribution < -0.4 is 0 Å². The molecule has 0 amide bonds. The molecule has 1 aliphatic heterocycles. The van der Waals surface area contributed by atoms with E-state index in [2.05, 4.69) is 13.0 Å². The van der Waals surface area contributed by atoms with Gasteiger partial charge in [0.2, 0.25) is 0 Å². The lowest BCUT2D eigenvalue weighted by Crippen LogP contribution is -2.40. The maximum atomic E-state index is 5.48. The van der Waals surface area contributed by atoms with E-state index in [1.165, 1.54) is 38.9 Å². The molecule has 1 nitrogen and oxygen atoms in total. The predicted molar refractivity (Wildman–Crippen MR) is 43.2 cm³/mol. The van der Waals surface area contributed by atoms with Gasteiger partial charge in [0.05, 0.1) is 19.6 Å². The molecule has 1 rings (SSSR count). The van der Waals surface area contributed by atoms with Crippen molar-refractivity contribution in [1.29, 1.82) is 0 Å². The summed E-state index contributed by atoms with van der Waals surface area (Å²) in [7, 11) is 0. The molecule has 0 aromatic carbocycles. The lowest BCUT2D eigenvalue weighted by Gasteiger charge is -2.24. The van der Waals surface area contributed by atoms with Crippen LogP contribution in [0.1, 0.15) is 26.2 Å². The van der Waals surface area contributed by atoms with Gasteiger partial charge in [0.25, 0.3) is 0 Å². The summed E-state index contributed by atoms with van der Waals surface area (Å²) < 4.78 is 0.941. The monoisotopic (exact) mass is 138 g/mol. The normalized spacial score (nSPS) is 22.4. The maximum Gasteiger partial charge on any atom is 0.133 e. The van der Waals surface area contributed by atoms with E-state index in [0.29, 0.717) is 0 Å². The van der Waals surface area contributed by atoms with Crippen molar-refractivity contribution < 1.29 is 4.48 Å². The minimum absolute atomic E-state index is 0.941. The maximum absolute atomic E-state index is 5.48. The first-order valence-electron chi connectivity index (χ1n) is 4.17. The minimum Gasteiger partial charge on any atom is -0.247 e. The fourth-order valence-electron chi connectivity index (χ4n) is 1.79. The summed E-state index contributed by atoms with van der Waals surface area (Å²) in [6.45, 7) is 5.81. The number of terminal acetylenes is 1. The molecule has 0 radical (unpaired) electrons. The molecule has 0 unspecified atom stereocenters. The van der Waals surface area contributed by atoms with Gasteiger partial charge in [-0.15, -0.1) is 0 Å². The third kappa shape index (κ3) is 1.33. The van der Waals surface area contributed by atoms with Gasteiger partial charge >= 0.3 is 0 Å². The number of quaternary nitrogens is 1. The van der Waals surface area contributed by atoms with Crippen LogP contribution in [0.3, 0.4) is 0 Å². The first-order valence-corrected chi connectivity index (χ1v) is 4.17. The van der Waals surface area contributed by atoms with Crippen molar-refractivity contribution >= 4 is 0 Å². The van der Waals surface area contributed by atoms with Crippen molar-refractivity contribution in [2.24, 2.45) is 0 Å². The predicted octanol–water partition coefficient (Wildman–Crippen LogP) is 1.60. The Bertz CT molecular complexity index is 137. The van der Waals surface area contributed by atoms with Crippen molar-refractivity contribution in [1.82, 2.24) is 0 Å². The SMILES string of the molecule is C#C[N+]1(CCC)CCCC1. The van der Waals surface area contributed by atoms with Crippen LogP contribution in [0.25, 0.3) is 0 Å². The molecule has 0 spiro atoms. The highest BCUT2D eigenvalue weighted by Crippen LogP contribution is 2.17. The standard InChI is InChI=1S/C9H16N/c1-3-7-10(4-2)8-5-6-9-10/h2H,3,5-9H2,1H3/q+1. The number of nitrogens with zero attached hydrogens (tertiary/aromatic N) is 1. The molecule has 10 heavy (non-hydrogen) atoms. The molecule has 1 aliphatic rings. The molecule has 1 fully saturated rings. The van der Waals surface area contributed by atoms with Gasteiger partial charge in [-0.1, -0.05) is 13.3 Å². The van der Waals surface area contributed by atoms with Crippen molar-refractivity contribution in [2.45, 2.75) is 26.2 Å². The van der Waals surface area contributed by atoms with Crippen LogP contribution in [0.15, 0.2) is 0 Å². The van der Waals surface area contributed by atoms with Gasteiger partial charge in [0, 0.05) is 12.8 Å². The Balaban J connectivity index is 2.51. The number of likely N-dealkylation sites (tertiary alicyclic amines) is 1. The van der Waals surface area contributed by atoms with E-state index in [4.69, 9.17) is 6.42 Å². The van der Waals surface area contributed by atoms with E-state index in [0.717, 1.165) is 4.48 Å². The summed E-state index contributed by atoms with van der Waals surface area (Å²) in [5, 5.41) is 0. The Hall–Kier alpha value is -0.480. The van der Waals surface area contributed by atoms with Crippen molar-refractivity contribution in [3.63, 3.8) is 0 Å². The van der Waals surface area contributed by atoms with Gasteiger partial charge < -0.3 is 0 Å². The fourth-order valence-corrected chi connectivity index (χ4v) is 1.79. The first-order chi connectivity index (χ1) is 4.83. The minimum atomic E-state index is 0.941. The highest BCUT2D eigenvalue weighted by atomic mass is 15.3. The summed E-state index contributed by atoms with van der Waals surface area (Å²) in [4.78, 5) is 0. The molecule has 0 aromatic rings. The van der Waals surface area contributed by atoms with Crippen molar-refractivity contribution in [2.75, 3.05) is 19.6 Å². The van der Waals surface area contributed by atoms with Gasteiger partial charge in [0.1, 0.15) is 6.04 Å². The Morgan fingerprint density at radius 3 is 2.40 bits per heavy atom. The highest BCUT2D eigenvalue weighted by molar-refractivity contribution is 4.75. The molecular formula is C9H16N+. The van der Waals surface area contributed by atoms with Gasteiger partial charge in [0.15, 0.2) is 0 Å². The van der Waals surface area contributed by atoms with Crippen LogP contribution in [0.4, 0.5) is 0 Å². The molecule has 0 saturated carbocycles. The van der Waals surface area contributed by atoms with Crippen molar-refractivity contribution in [3.8, 4) is 12.5 Å². The highest BCUT2D eigenvalue weighted by Gasteiger charge is 2.28. The largest absolute Gasteiger partial charge is 0.247 e. The van der Waals surface area contributed by atoms with Gasteiger partial charge in [-0.05, 0) is 6.42 Å². The molecule has 0 atom stereocenters. The van der Waals surface area contributed by atoms with Crippen LogP contribution >= 0.6 is 0 Å². The zero-order chi connectivity index (χ0) is 7.45. The van der Waals surface area contributed by atoms with E-state index in [1.807, 2.05) is 0 Å². The summed E-state index contributed by atoms with van der Waals surface area (Å²) in [5.74, 6) is 0. The van der Waals surface area contributed by atoms with E-state index in [-0.39, 0.29) is 0 Å². The third-order valence-corrected chi connectivity index (χ3v) is 2.35. The summed E-state index contributed by atoms with van der Waals surface area (Å²) in [6.07, 6.45) is 9.34. The van der Waals surface area contributed by atoms with Crippen molar-refractivity contribution in [3.05, 3.63) is 0 Å². The second kappa shape index (κ2) is 3.07. The lowest BCUT2D eigenvalue weighted by atomic mass is 10.4. The second-order valence-electron chi connectivity index (χ2n) is 3.15. The molecule has 1 saturated heterocycles. The molecule has 56 valence electrons. The summed E-state index contributed by atoms with van der Waals surface area (Å²) >= 11 is 0. The lowest BCUT2D eigenvalue weighted by molar-refractivity contribution is -0.851. The number of rotatable bonds is 2. The van der Waals surface area contributed by atoms with Crippen LogP contribution in [-0.4, -0.2) is 24.1 Å². The molecule has 1 heterocycles. The third-order valence-electron chi connectivity index (χ3n) is 2.35. The van der Waals surface area contributed by atoms with E-state index < -0.39 is 0 Å². The van der Waals surface area contributed by atoms with E-state index >= 15 is 0 Å². The molecular weight excluding hydrogens is 122 g/mol. The van der Waals surface area contributed by atoms with Crippen LogP contribution in [-0.2, 0) is 0 Å². The smallest absolute Gasteiger partial charge is 0.133 e. The Morgan fingerprint density at radius 2 is 2.00 bits per heavy atom. The topological polar surface area (TPSA) is 0 Å². The van der Waals surface area contributed by atoms with E-state index in [1.54, 1.807) is 0 Å². The second-order valence-corrected chi connectivity index (χ2v) is 3.15. The summed E-state index contributed by atoms with van der Waals surface area (Å²) in [6, 6.07) is 2.92. The molecule has 0 aliphatic carbocycles. The van der Waals surface area contributed by atoms with Crippen LogP contribution in [0.5, 0.6) is 0 Å². The van der Waals surface area contributed by atoms with Crippen LogP contribution in [0.2, 0.25) is 0 Å². The zero-order valence-electron chi connectivity index (χ0n) is 6.77. The molecule has 0 aromatic heterocycles. The Kier molecular flexibility index (Phi) is 2.34. The average molecular weight is 138 g/mol. The molecule has 1 heteroatoms. The number of hydrogen-bond acceptors (Lipinski definition) is 0. The fraction of sp³-hybridized carbons (Fsp3) is 0.778. The van der Waals surface area contributed by atoms with E-state index in [9.17, 15) is 0 Å². The molecule has 0 bridgehead atoms. The van der Waals surface area contributed by atoms with Gasteiger partial charge in [-0.2, -0.15) is 0 Å². The molecule has 0 N–H and O–H groups in total. The zero-order valence-corrected chi connectivity index (χ0v) is 6.77. The van der Waals surface area contributed by atoms with Gasteiger partial charge in [-0.25, -0.2) is 4.48 Å². The Morgan fingerprint density at radius 1 is 1.40 bits per heavy atom.